The van der Waals surface area contributed by atoms with Crippen molar-refractivity contribution in [3.8, 4) is 5.75 Å². The van der Waals surface area contributed by atoms with Crippen molar-refractivity contribution in [2.45, 2.75) is 26.7 Å². The average molecular weight is 307 g/mol. The van der Waals surface area contributed by atoms with E-state index >= 15 is 0 Å². The molecule has 1 heterocycles. The van der Waals surface area contributed by atoms with Crippen molar-refractivity contribution in [2.24, 2.45) is 0 Å². The summed E-state index contributed by atoms with van der Waals surface area (Å²) >= 11 is 0. The van der Waals surface area contributed by atoms with E-state index in [1.54, 1.807) is 24.8 Å². The highest BCUT2D eigenvalue weighted by Gasteiger charge is 2.22. The van der Waals surface area contributed by atoms with Crippen molar-refractivity contribution in [3.63, 3.8) is 0 Å². The molecule has 0 spiro atoms. The number of carbonyl (C=O) groups is 2. The van der Waals surface area contributed by atoms with Crippen LogP contribution in [0.2, 0.25) is 0 Å². The van der Waals surface area contributed by atoms with Gasteiger partial charge in [-0.3, -0.25) is 0 Å². The van der Waals surface area contributed by atoms with Gasteiger partial charge in [-0.05, 0) is 38.3 Å². The van der Waals surface area contributed by atoms with E-state index in [1.165, 1.54) is 0 Å². The third-order valence-corrected chi connectivity index (χ3v) is 3.49. The van der Waals surface area contributed by atoms with Gasteiger partial charge in [0.15, 0.2) is 0 Å². The van der Waals surface area contributed by atoms with Gasteiger partial charge >= 0.3 is 12.2 Å². The van der Waals surface area contributed by atoms with Gasteiger partial charge in [-0.25, -0.2) is 9.59 Å². The Morgan fingerprint density at radius 3 is 2.55 bits per heavy atom. The Kier molecular flexibility index (Phi) is 5.63. The van der Waals surface area contributed by atoms with Crippen LogP contribution in [0.4, 0.5) is 9.59 Å². The molecule has 2 rings (SSSR count). The van der Waals surface area contributed by atoms with E-state index in [-0.39, 0.29) is 12.7 Å². The van der Waals surface area contributed by atoms with Crippen LogP contribution in [0.25, 0.3) is 0 Å². The van der Waals surface area contributed by atoms with Gasteiger partial charge in [-0.2, -0.15) is 0 Å². The number of benzene rings is 1. The van der Waals surface area contributed by atoms with Crippen LogP contribution in [0.1, 0.15) is 25.0 Å². The summed E-state index contributed by atoms with van der Waals surface area (Å²) in [5.74, 6) is 0.502. The molecule has 6 nitrogen and oxygen atoms in total. The fourth-order valence-electron chi connectivity index (χ4n) is 2.47. The third kappa shape index (κ3) is 3.90. The van der Waals surface area contributed by atoms with E-state index in [2.05, 4.69) is 0 Å². The summed E-state index contributed by atoms with van der Waals surface area (Å²) in [6, 6.07) is 5.57. The molecular formula is C16H21NO5. The molecule has 0 unspecified atom stereocenters. The largest absolute Gasteiger partial charge is 0.513 e. The summed E-state index contributed by atoms with van der Waals surface area (Å²) < 4.78 is 15.1. The molecule has 22 heavy (non-hydrogen) atoms. The fraction of sp³-hybridized carbons (Fsp3) is 0.500. The lowest BCUT2D eigenvalue weighted by molar-refractivity contribution is 0.103. The van der Waals surface area contributed by atoms with Gasteiger partial charge in [0.1, 0.15) is 5.75 Å². The van der Waals surface area contributed by atoms with E-state index in [0.717, 1.165) is 11.1 Å². The van der Waals surface area contributed by atoms with Crippen LogP contribution in [-0.2, 0) is 22.3 Å². The Labute approximate surface area is 129 Å². The maximum atomic E-state index is 11.8. The highest BCUT2D eigenvalue weighted by molar-refractivity contribution is 5.68. The normalized spacial score (nSPS) is 13.8. The smallest absolute Gasteiger partial charge is 0.450 e. The van der Waals surface area contributed by atoms with E-state index in [1.807, 2.05) is 12.1 Å². The maximum absolute atomic E-state index is 11.8. The molecule has 0 atom stereocenters. The Morgan fingerprint density at radius 1 is 1.09 bits per heavy atom. The minimum Gasteiger partial charge on any atom is -0.450 e. The quantitative estimate of drug-likeness (QED) is 0.634. The second-order valence-electron chi connectivity index (χ2n) is 4.86. The Bertz CT molecular complexity index is 543. The zero-order valence-electron chi connectivity index (χ0n) is 13.0. The van der Waals surface area contributed by atoms with Crippen LogP contribution in [0, 0.1) is 0 Å². The minimum atomic E-state index is -0.706. The fourth-order valence-corrected chi connectivity index (χ4v) is 2.47. The number of rotatable bonds is 3. The molecule has 0 N–H and O–H groups in total. The highest BCUT2D eigenvalue weighted by Crippen LogP contribution is 2.26. The molecule has 6 heteroatoms. The Morgan fingerprint density at radius 2 is 1.82 bits per heavy atom. The van der Waals surface area contributed by atoms with E-state index < -0.39 is 6.16 Å². The summed E-state index contributed by atoms with van der Waals surface area (Å²) in [5.41, 5.74) is 2.02. The number of fused-ring (bicyclic) bond motifs is 1. The van der Waals surface area contributed by atoms with Crippen molar-refractivity contribution in [2.75, 3.05) is 26.3 Å². The van der Waals surface area contributed by atoms with Gasteiger partial charge in [0, 0.05) is 18.7 Å². The number of hydrogen-bond donors (Lipinski definition) is 0. The molecular weight excluding hydrogens is 286 g/mol. The van der Waals surface area contributed by atoms with Gasteiger partial charge in [0.2, 0.25) is 0 Å². The van der Waals surface area contributed by atoms with E-state index in [0.29, 0.717) is 38.3 Å². The molecule has 1 aromatic rings. The molecule has 1 aromatic carbocycles. The zero-order valence-corrected chi connectivity index (χ0v) is 13.0. The SMILES string of the molecule is CCOC(=O)Oc1cccc2c1CCN(C(=O)OCC)CC2. The Balaban J connectivity index is 2.12. The highest BCUT2D eigenvalue weighted by atomic mass is 16.7. The monoisotopic (exact) mass is 307 g/mol. The van der Waals surface area contributed by atoms with Crippen molar-refractivity contribution in [3.05, 3.63) is 29.3 Å². The lowest BCUT2D eigenvalue weighted by Gasteiger charge is -2.19. The summed E-state index contributed by atoms with van der Waals surface area (Å²) in [6.07, 6.45) is 0.309. The summed E-state index contributed by atoms with van der Waals surface area (Å²) in [7, 11) is 0. The molecule has 0 aromatic heterocycles. The van der Waals surface area contributed by atoms with Gasteiger partial charge in [0.05, 0.1) is 13.2 Å². The topological polar surface area (TPSA) is 65.1 Å². The molecule has 1 aliphatic heterocycles. The third-order valence-electron chi connectivity index (χ3n) is 3.49. The molecule has 1 aliphatic rings. The number of carbonyl (C=O) groups excluding carboxylic acids is 2. The lowest BCUT2D eigenvalue weighted by atomic mass is 10.0. The standard InChI is InChI=1S/C16H21NO5/c1-3-20-15(18)17-10-8-12-6-5-7-14(13(12)9-11-17)22-16(19)21-4-2/h5-7H,3-4,8-11H2,1-2H3. The first kappa shape index (κ1) is 16.1. The van der Waals surface area contributed by atoms with Crippen LogP contribution >= 0.6 is 0 Å². The second-order valence-corrected chi connectivity index (χ2v) is 4.86. The molecule has 1 amide bonds. The van der Waals surface area contributed by atoms with Crippen LogP contribution in [0.3, 0.4) is 0 Å². The van der Waals surface area contributed by atoms with E-state index in [4.69, 9.17) is 14.2 Å². The summed E-state index contributed by atoms with van der Waals surface area (Å²) in [5, 5.41) is 0. The molecule has 0 radical (unpaired) electrons. The van der Waals surface area contributed by atoms with Gasteiger partial charge in [0.25, 0.3) is 0 Å². The number of nitrogens with zero attached hydrogens (tertiary/aromatic N) is 1. The van der Waals surface area contributed by atoms with E-state index in [9.17, 15) is 9.59 Å². The van der Waals surface area contributed by atoms with Crippen LogP contribution in [0.15, 0.2) is 18.2 Å². The molecule has 0 saturated heterocycles. The average Bonchev–Trinajstić information content (AvgIpc) is 2.71. The summed E-state index contributed by atoms with van der Waals surface area (Å²) in [4.78, 5) is 25.0. The van der Waals surface area contributed by atoms with Crippen LogP contribution in [0.5, 0.6) is 5.75 Å². The maximum Gasteiger partial charge on any atom is 0.513 e. The molecule has 0 fully saturated rings. The molecule has 0 saturated carbocycles. The number of ether oxygens (including phenoxy) is 3. The Hall–Kier alpha value is -2.24. The van der Waals surface area contributed by atoms with Crippen LogP contribution < -0.4 is 4.74 Å². The van der Waals surface area contributed by atoms with Gasteiger partial charge < -0.3 is 19.1 Å². The molecule has 0 aliphatic carbocycles. The van der Waals surface area contributed by atoms with Gasteiger partial charge in [-0.15, -0.1) is 0 Å². The first-order valence-electron chi connectivity index (χ1n) is 7.52. The number of hydrogen-bond acceptors (Lipinski definition) is 5. The predicted molar refractivity (Wildman–Crippen MR) is 80.1 cm³/mol. The summed E-state index contributed by atoms with van der Waals surface area (Å²) in [6.45, 7) is 5.27. The van der Waals surface area contributed by atoms with Crippen molar-refractivity contribution >= 4 is 12.2 Å². The first-order valence-corrected chi connectivity index (χ1v) is 7.52. The first-order chi connectivity index (χ1) is 10.7. The molecule has 120 valence electrons. The predicted octanol–water partition coefficient (Wildman–Crippen LogP) is 2.78. The van der Waals surface area contributed by atoms with Crippen molar-refractivity contribution in [1.29, 1.82) is 0 Å². The molecule has 0 bridgehead atoms. The lowest BCUT2D eigenvalue weighted by Crippen LogP contribution is -2.33. The van der Waals surface area contributed by atoms with Crippen molar-refractivity contribution in [1.82, 2.24) is 4.90 Å². The number of amides is 1. The second kappa shape index (κ2) is 7.68. The minimum absolute atomic E-state index is 0.268. The van der Waals surface area contributed by atoms with Crippen LogP contribution in [-0.4, -0.2) is 43.5 Å². The van der Waals surface area contributed by atoms with Crippen molar-refractivity contribution < 1.29 is 23.8 Å². The van der Waals surface area contributed by atoms with Gasteiger partial charge in [-0.1, -0.05) is 12.1 Å². The zero-order chi connectivity index (χ0) is 15.9.